The first-order chi connectivity index (χ1) is 33.8. The number of nitrogens with zero attached hydrogens (tertiary/aromatic N) is 3. The van der Waals surface area contributed by atoms with Gasteiger partial charge in [-0.2, -0.15) is 5.26 Å². The molecule has 0 saturated carbocycles. The van der Waals surface area contributed by atoms with E-state index in [1.165, 1.54) is 6.20 Å². The smallest absolute Gasteiger partial charge is 0.303 e. The third-order valence-electron chi connectivity index (χ3n) is 11.5. The summed E-state index contributed by atoms with van der Waals surface area (Å²) >= 11 is 13.7. The SMILES string of the molecule is CNc1cncc(COc2cc(OCc3cccc(-c4cccc(COc5cc(OCc6cncc(C#N)c6)c(CNCCCC(=O)O)cc5Cl)c4C)c3C)c(Cl)cc2CNCCCC([Si])C(=O)O)c1. The van der Waals surface area contributed by atoms with E-state index in [-0.39, 0.29) is 32.8 Å². The van der Waals surface area contributed by atoms with Crippen LogP contribution in [-0.4, -0.2) is 62.5 Å². The summed E-state index contributed by atoms with van der Waals surface area (Å²) in [4.78, 5) is 30.7. The van der Waals surface area contributed by atoms with Crippen LogP contribution in [0.2, 0.25) is 15.6 Å². The molecule has 363 valence electrons. The van der Waals surface area contributed by atoms with Gasteiger partial charge in [-0.05, 0) is 104 Å². The van der Waals surface area contributed by atoms with Crippen LogP contribution in [0.1, 0.15) is 75.8 Å². The molecule has 1 atom stereocenters. The zero-order valence-corrected chi connectivity index (χ0v) is 41.8. The fourth-order valence-electron chi connectivity index (χ4n) is 7.51. The molecule has 0 saturated heterocycles. The van der Waals surface area contributed by atoms with Gasteiger partial charge in [0.15, 0.2) is 0 Å². The van der Waals surface area contributed by atoms with E-state index in [4.69, 9.17) is 47.3 Å². The second-order valence-electron chi connectivity index (χ2n) is 16.5. The van der Waals surface area contributed by atoms with Crippen molar-refractivity contribution in [1.29, 1.82) is 5.26 Å². The van der Waals surface area contributed by atoms with Crippen molar-refractivity contribution >= 4 is 51.1 Å². The molecule has 0 amide bonds. The van der Waals surface area contributed by atoms with Gasteiger partial charge in [-0.25, -0.2) is 0 Å². The minimum Gasteiger partial charge on any atom is -0.488 e. The van der Waals surface area contributed by atoms with E-state index in [0.717, 1.165) is 61.3 Å². The Hall–Kier alpha value is -6.67. The number of pyridine rings is 2. The molecule has 0 aliphatic heterocycles. The van der Waals surface area contributed by atoms with E-state index >= 15 is 0 Å². The molecule has 4 aromatic carbocycles. The zero-order chi connectivity index (χ0) is 50.0. The van der Waals surface area contributed by atoms with Crippen LogP contribution >= 0.6 is 23.2 Å². The lowest BCUT2D eigenvalue weighted by molar-refractivity contribution is -0.138. The molecule has 6 aromatic rings. The van der Waals surface area contributed by atoms with E-state index in [1.807, 2.05) is 49.5 Å². The number of anilines is 1. The number of carboxylic acid groups (broad SMARTS) is 2. The number of rotatable bonds is 27. The first kappa shape index (κ1) is 52.7. The van der Waals surface area contributed by atoms with Crippen LogP contribution in [0, 0.1) is 25.2 Å². The highest BCUT2D eigenvalue weighted by atomic mass is 35.5. The Morgan fingerprint density at radius 3 is 1.71 bits per heavy atom. The lowest BCUT2D eigenvalue weighted by Crippen LogP contribution is -2.17. The van der Waals surface area contributed by atoms with Gasteiger partial charge in [-0.1, -0.05) is 59.6 Å². The quantitative estimate of drug-likeness (QED) is 0.0241. The Kier molecular flexibility index (Phi) is 19.8. The Morgan fingerprint density at radius 1 is 0.686 bits per heavy atom. The van der Waals surface area contributed by atoms with Crippen molar-refractivity contribution < 1.29 is 38.7 Å². The number of carboxylic acids is 2. The molecule has 6 rings (SSSR count). The van der Waals surface area contributed by atoms with Crippen molar-refractivity contribution in [2.45, 2.75) is 84.6 Å². The number of nitrogens with one attached hydrogen (secondary N) is 3. The van der Waals surface area contributed by atoms with Crippen LogP contribution in [0.4, 0.5) is 5.69 Å². The maximum Gasteiger partial charge on any atom is 0.303 e. The second kappa shape index (κ2) is 26.3. The van der Waals surface area contributed by atoms with Crippen molar-refractivity contribution in [3.05, 3.63) is 158 Å². The normalized spacial score (nSPS) is 11.4. The van der Waals surface area contributed by atoms with Crippen molar-refractivity contribution in [2.75, 3.05) is 25.5 Å². The predicted molar refractivity (Wildman–Crippen MR) is 271 cm³/mol. The predicted octanol–water partition coefficient (Wildman–Crippen LogP) is 10.2. The summed E-state index contributed by atoms with van der Waals surface area (Å²) in [6, 6.07) is 25.2. The maximum absolute atomic E-state index is 11.2. The highest BCUT2D eigenvalue weighted by Gasteiger charge is 2.18. The fraction of sp³-hybridized carbons (Fsp3) is 0.302. The van der Waals surface area contributed by atoms with Crippen LogP contribution in [0.3, 0.4) is 0 Å². The highest BCUT2D eigenvalue weighted by molar-refractivity contribution is 6.32. The van der Waals surface area contributed by atoms with Crippen molar-refractivity contribution in [1.82, 2.24) is 20.6 Å². The molecular weight excluding hydrogens is 948 g/mol. The number of aliphatic carboxylic acids is 2. The number of nitriles is 1. The summed E-state index contributed by atoms with van der Waals surface area (Å²) in [5, 5.41) is 38.2. The highest BCUT2D eigenvalue weighted by Crippen LogP contribution is 2.37. The lowest BCUT2D eigenvalue weighted by Gasteiger charge is -2.19. The average Bonchev–Trinajstić information content (AvgIpc) is 3.35. The van der Waals surface area contributed by atoms with Crippen LogP contribution in [-0.2, 0) is 49.1 Å². The molecule has 5 N–H and O–H groups in total. The molecule has 1 unspecified atom stereocenters. The molecule has 70 heavy (non-hydrogen) atoms. The third kappa shape index (κ3) is 15.2. The Morgan fingerprint density at radius 2 is 1.20 bits per heavy atom. The molecule has 0 aliphatic rings. The first-order valence-electron chi connectivity index (χ1n) is 22.7. The maximum atomic E-state index is 11.2. The van der Waals surface area contributed by atoms with Crippen molar-refractivity contribution in [2.24, 2.45) is 0 Å². The first-order valence-corrected chi connectivity index (χ1v) is 24.0. The van der Waals surface area contributed by atoms with Gasteiger partial charge in [0.2, 0.25) is 0 Å². The monoisotopic (exact) mass is 1000 g/mol. The molecular formula is C53H55Cl2N6O8Si. The molecule has 2 aromatic heterocycles. The largest absolute Gasteiger partial charge is 0.488 e. The van der Waals surface area contributed by atoms with Gasteiger partial charge in [-0.15, -0.1) is 0 Å². The third-order valence-corrected chi connectivity index (χ3v) is 12.6. The molecule has 0 spiro atoms. The number of benzene rings is 4. The summed E-state index contributed by atoms with van der Waals surface area (Å²) in [5.74, 6) is 0.259. The number of ether oxygens (including phenoxy) is 4. The number of hydrogen-bond donors (Lipinski definition) is 5. The topological polar surface area (TPSA) is 197 Å². The van der Waals surface area contributed by atoms with E-state index in [0.29, 0.717) is 84.0 Å². The molecule has 0 bridgehead atoms. The molecule has 17 heteroatoms. The van der Waals surface area contributed by atoms with Crippen LogP contribution in [0.15, 0.2) is 97.6 Å². The summed E-state index contributed by atoms with van der Waals surface area (Å²) in [6.45, 7) is 6.90. The Balaban J connectivity index is 1.17. The minimum absolute atomic E-state index is 0.0567. The summed E-state index contributed by atoms with van der Waals surface area (Å²) < 4.78 is 25.5. The van der Waals surface area contributed by atoms with Crippen LogP contribution < -0.4 is 34.9 Å². The summed E-state index contributed by atoms with van der Waals surface area (Å²) in [7, 11) is 5.09. The molecule has 3 radical (unpaired) electrons. The average molecular weight is 1000 g/mol. The van der Waals surface area contributed by atoms with Gasteiger partial charge >= 0.3 is 11.9 Å². The number of hydrogen-bond acceptors (Lipinski definition) is 12. The van der Waals surface area contributed by atoms with Gasteiger partial charge in [0.05, 0.1) is 21.3 Å². The van der Waals surface area contributed by atoms with Gasteiger partial charge in [0.1, 0.15) is 55.5 Å². The van der Waals surface area contributed by atoms with E-state index in [1.54, 1.807) is 36.8 Å². The van der Waals surface area contributed by atoms with Gasteiger partial charge in [-0.3, -0.25) is 19.6 Å². The van der Waals surface area contributed by atoms with E-state index < -0.39 is 17.5 Å². The van der Waals surface area contributed by atoms with Gasteiger partial charge in [0.25, 0.3) is 0 Å². The fourth-order valence-corrected chi connectivity index (χ4v) is 8.20. The second-order valence-corrected chi connectivity index (χ2v) is 18.0. The zero-order valence-electron chi connectivity index (χ0n) is 39.2. The summed E-state index contributed by atoms with van der Waals surface area (Å²) in [5.41, 5.74) is 9.91. The van der Waals surface area contributed by atoms with Crippen LogP contribution in [0.25, 0.3) is 11.1 Å². The van der Waals surface area contributed by atoms with Crippen LogP contribution in [0.5, 0.6) is 23.0 Å². The molecule has 0 aliphatic carbocycles. The van der Waals surface area contributed by atoms with E-state index in [2.05, 4.69) is 68.2 Å². The van der Waals surface area contributed by atoms with E-state index in [9.17, 15) is 20.0 Å². The number of halogens is 2. The Bertz CT molecular complexity index is 2810. The molecule has 14 nitrogen and oxygen atoms in total. The lowest BCUT2D eigenvalue weighted by atomic mass is 9.92. The minimum atomic E-state index is -0.887. The number of carbonyl (C=O) groups is 2. The Labute approximate surface area is 421 Å². The molecule has 2 heterocycles. The summed E-state index contributed by atoms with van der Waals surface area (Å²) in [6.07, 6.45) is 8.28. The van der Waals surface area contributed by atoms with Crippen molar-refractivity contribution in [3.8, 4) is 40.2 Å². The van der Waals surface area contributed by atoms with Gasteiger partial charge < -0.3 is 45.1 Å². The van der Waals surface area contributed by atoms with Gasteiger partial charge in [0, 0.05) is 102 Å². The molecule has 0 fully saturated rings. The van der Waals surface area contributed by atoms with Crippen molar-refractivity contribution in [3.63, 3.8) is 0 Å². The number of aromatic nitrogens is 2. The standard InChI is InChI=1S/C53H55Cl2N6O8Si/c1-33-38(31-68-49-20-47(66-29-36-16-35(22-56)23-60-24-36)41(19-46(49)55)27-59-15-7-13-52(62)63)8-4-10-43(33)44-11-5-9-39(34(44)2)32-69-50-21-48(67-30-37-17-42(57-3)28-61-25-37)40(18-45(50)54)26-58-14-6-12-51(70)53(64)65/h4-5,8-11,16-21,23-25,28,51,57-59H,6-7,12-15,26-27,29-32H2,1-3H3,(H,62,63)(H,64,65).